The molecule has 32 heavy (non-hydrogen) atoms. The van der Waals surface area contributed by atoms with Crippen LogP contribution in [0.25, 0.3) is 11.4 Å². The Bertz CT molecular complexity index is 1250. The number of aromatic nitrogens is 4. The van der Waals surface area contributed by atoms with Crippen LogP contribution in [0.5, 0.6) is 0 Å². The topological polar surface area (TPSA) is 35.6 Å². The second-order valence-electron chi connectivity index (χ2n) is 8.38. The van der Waals surface area contributed by atoms with Gasteiger partial charge >= 0.3 is 0 Å². The van der Waals surface area contributed by atoms with E-state index in [2.05, 4.69) is 101 Å². The van der Waals surface area contributed by atoms with Crippen molar-refractivity contribution >= 4 is 23.1 Å². The van der Waals surface area contributed by atoms with Gasteiger partial charge in [-0.3, -0.25) is 0 Å². The Labute approximate surface area is 189 Å². The third kappa shape index (κ3) is 3.78. The fourth-order valence-corrected chi connectivity index (χ4v) is 4.73. The summed E-state index contributed by atoms with van der Waals surface area (Å²) in [4.78, 5) is 8.44. The van der Waals surface area contributed by atoms with E-state index < -0.39 is 0 Å². The maximum atomic E-state index is 4.22. The fourth-order valence-electron chi connectivity index (χ4n) is 4.73. The standard InChI is InChI=1S/C27H25BN4/c1-20-14-21(2)27(22(3)15-20)28(23-6-4-8-25(16-23)31-12-10-29-18-31)24-7-5-9-26(17-24)32-13-11-30-19-32/h4-19H,1-3H3. The molecule has 0 spiro atoms. The Morgan fingerprint density at radius 1 is 0.656 bits per heavy atom. The predicted molar refractivity (Wildman–Crippen MR) is 132 cm³/mol. The molecule has 5 heteroatoms. The molecular weight excluding hydrogens is 391 g/mol. The summed E-state index contributed by atoms with van der Waals surface area (Å²) in [6.45, 7) is 6.73. The highest BCUT2D eigenvalue weighted by molar-refractivity contribution is 6.96. The molecule has 3 aromatic carbocycles. The van der Waals surface area contributed by atoms with E-state index in [1.807, 2.05) is 37.4 Å². The molecule has 0 saturated heterocycles. The minimum absolute atomic E-state index is 0.113. The second-order valence-corrected chi connectivity index (χ2v) is 8.38. The van der Waals surface area contributed by atoms with Crippen LogP contribution in [0.2, 0.25) is 0 Å². The zero-order chi connectivity index (χ0) is 22.1. The van der Waals surface area contributed by atoms with Crippen LogP contribution < -0.4 is 16.4 Å². The number of benzene rings is 3. The third-order valence-corrected chi connectivity index (χ3v) is 6.04. The molecule has 156 valence electrons. The van der Waals surface area contributed by atoms with E-state index in [1.54, 1.807) is 0 Å². The van der Waals surface area contributed by atoms with Crippen LogP contribution in [0.1, 0.15) is 16.7 Å². The zero-order valence-corrected chi connectivity index (χ0v) is 18.6. The van der Waals surface area contributed by atoms with Crippen molar-refractivity contribution in [3.8, 4) is 11.4 Å². The van der Waals surface area contributed by atoms with Gasteiger partial charge in [0.2, 0.25) is 6.71 Å². The first kappa shape index (κ1) is 20.1. The van der Waals surface area contributed by atoms with Gasteiger partial charge in [0.05, 0.1) is 12.7 Å². The van der Waals surface area contributed by atoms with Gasteiger partial charge in [-0.05, 0) is 45.0 Å². The summed E-state index contributed by atoms with van der Waals surface area (Å²) < 4.78 is 4.11. The fraction of sp³-hybridized carbons (Fsp3) is 0.111. The number of hydrogen-bond acceptors (Lipinski definition) is 2. The van der Waals surface area contributed by atoms with Crippen LogP contribution in [0, 0.1) is 20.8 Å². The molecule has 5 aromatic rings. The van der Waals surface area contributed by atoms with E-state index in [1.165, 1.54) is 33.1 Å². The highest BCUT2D eigenvalue weighted by Crippen LogP contribution is 2.12. The summed E-state index contributed by atoms with van der Waals surface area (Å²) in [6, 6.07) is 22.1. The normalized spacial score (nSPS) is 11.0. The number of imidazole rings is 2. The monoisotopic (exact) mass is 416 g/mol. The lowest BCUT2D eigenvalue weighted by Gasteiger charge is -2.22. The summed E-state index contributed by atoms with van der Waals surface area (Å²) >= 11 is 0. The SMILES string of the molecule is Cc1cc(C)c(B(c2cccc(-n3ccnc3)c2)c2cccc(-n3ccnc3)c2)c(C)c1. The van der Waals surface area contributed by atoms with Gasteiger partial charge < -0.3 is 9.13 Å². The Morgan fingerprint density at radius 3 is 1.59 bits per heavy atom. The molecule has 4 nitrogen and oxygen atoms in total. The number of nitrogens with zero attached hydrogens (tertiary/aromatic N) is 4. The van der Waals surface area contributed by atoms with Crippen molar-refractivity contribution in [3.63, 3.8) is 0 Å². The lowest BCUT2D eigenvalue weighted by atomic mass is 9.35. The minimum atomic E-state index is 0.113. The van der Waals surface area contributed by atoms with Crippen LogP contribution in [0.15, 0.2) is 98.1 Å². The molecule has 0 bridgehead atoms. The molecule has 0 aliphatic carbocycles. The van der Waals surface area contributed by atoms with Crippen molar-refractivity contribution in [2.45, 2.75) is 20.8 Å². The van der Waals surface area contributed by atoms with Crippen molar-refractivity contribution in [1.29, 1.82) is 0 Å². The lowest BCUT2D eigenvalue weighted by Crippen LogP contribution is -2.54. The van der Waals surface area contributed by atoms with Crippen molar-refractivity contribution in [3.05, 3.63) is 115 Å². The molecule has 0 saturated carbocycles. The molecular formula is C27H25BN4. The van der Waals surface area contributed by atoms with E-state index >= 15 is 0 Å². The second kappa shape index (κ2) is 8.35. The Kier molecular flexibility index (Phi) is 5.24. The number of rotatable bonds is 5. The van der Waals surface area contributed by atoms with Crippen molar-refractivity contribution in [2.24, 2.45) is 0 Å². The minimum Gasteiger partial charge on any atom is -0.306 e. The quantitative estimate of drug-likeness (QED) is 0.411. The van der Waals surface area contributed by atoms with Crippen molar-refractivity contribution in [2.75, 3.05) is 0 Å². The van der Waals surface area contributed by atoms with E-state index in [9.17, 15) is 0 Å². The van der Waals surface area contributed by atoms with Crippen LogP contribution >= 0.6 is 0 Å². The summed E-state index contributed by atoms with van der Waals surface area (Å²) in [5.41, 5.74) is 10.0. The van der Waals surface area contributed by atoms with Crippen LogP contribution in [0.4, 0.5) is 0 Å². The Balaban J connectivity index is 1.71. The summed E-state index contributed by atoms with van der Waals surface area (Å²) in [6.07, 6.45) is 11.3. The van der Waals surface area contributed by atoms with Crippen LogP contribution in [0.3, 0.4) is 0 Å². The van der Waals surface area contributed by atoms with Crippen LogP contribution in [-0.2, 0) is 0 Å². The van der Waals surface area contributed by atoms with Gasteiger partial charge in [-0.15, -0.1) is 0 Å². The van der Waals surface area contributed by atoms with E-state index in [0.29, 0.717) is 0 Å². The molecule has 0 fully saturated rings. The largest absolute Gasteiger partial charge is 0.306 e. The van der Waals surface area contributed by atoms with Crippen LogP contribution in [-0.4, -0.2) is 25.8 Å². The molecule has 0 amide bonds. The molecule has 0 atom stereocenters. The lowest BCUT2D eigenvalue weighted by molar-refractivity contribution is 1.06. The van der Waals surface area contributed by atoms with Gasteiger partial charge in [0.25, 0.3) is 0 Å². The molecule has 2 aromatic heterocycles. The van der Waals surface area contributed by atoms with Gasteiger partial charge in [-0.2, -0.15) is 0 Å². The number of aryl methyl sites for hydroxylation is 3. The third-order valence-electron chi connectivity index (χ3n) is 6.04. The zero-order valence-electron chi connectivity index (χ0n) is 18.6. The molecule has 5 rings (SSSR count). The highest BCUT2D eigenvalue weighted by atomic mass is 15.0. The van der Waals surface area contributed by atoms with E-state index in [4.69, 9.17) is 0 Å². The average Bonchev–Trinajstić information content (AvgIpc) is 3.51. The van der Waals surface area contributed by atoms with Gasteiger partial charge in [-0.25, -0.2) is 9.97 Å². The summed E-state index contributed by atoms with van der Waals surface area (Å²) in [7, 11) is 0. The summed E-state index contributed by atoms with van der Waals surface area (Å²) in [5, 5.41) is 0. The maximum Gasteiger partial charge on any atom is 0.242 e. The van der Waals surface area contributed by atoms with E-state index in [0.717, 1.165) is 11.4 Å². The highest BCUT2D eigenvalue weighted by Gasteiger charge is 2.26. The maximum absolute atomic E-state index is 4.22. The molecule has 0 aliphatic heterocycles. The summed E-state index contributed by atoms with van der Waals surface area (Å²) in [5.74, 6) is 0. The molecule has 0 aliphatic rings. The first-order chi connectivity index (χ1) is 15.6. The van der Waals surface area contributed by atoms with Gasteiger partial charge in [0.15, 0.2) is 0 Å². The van der Waals surface area contributed by atoms with Gasteiger partial charge in [0, 0.05) is 36.2 Å². The Morgan fingerprint density at radius 2 is 1.16 bits per heavy atom. The van der Waals surface area contributed by atoms with E-state index in [-0.39, 0.29) is 6.71 Å². The first-order valence-corrected chi connectivity index (χ1v) is 10.8. The predicted octanol–water partition coefficient (Wildman–Crippen LogP) is 3.50. The number of hydrogen-bond donors (Lipinski definition) is 0. The average molecular weight is 416 g/mol. The first-order valence-electron chi connectivity index (χ1n) is 10.8. The van der Waals surface area contributed by atoms with Gasteiger partial charge in [-0.1, -0.05) is 69.5 Å². The Hall–Kier alpha value is -3.86. The smallest absolute Gasteiger partial charge is 0.242 e. The molecule has 0 radical (unpaired) electrons. The van der Waals surface area contributed by atoms with Crippen molar-refractivity contribution in [1.82, 2.24) is 19.1 Å². The van der Waals surface area contributed by atoms with Crippen molar-refractivity contribution < 1.29 is 0 Å². The van der Waals surface area contributed by atoms with Gasteiger partial charge in [0.1, 0.15) is 0 Å². The molecule has 0 unspecified atom stereocenters. The molecule has 0 N–H and O–H groups in total. The molecule has 2 heterocycles.